The number of carbonyl (C=O) groups is 2. The van der Waals surface area contributed by atoms with Gasteiger partial charge in [0.1, 0.15) is 11.6 Å². The van der Waals surface area contributed by atoms with E-state index in [1.165, 1.54) is 36.7 Å². The zero-order chi connectivity index (χ0) is 15.1. The molecule has 0 aliphatic carbocycles. The van der Waals surface area contributed by atoms with Gasteiger partial charge >= 0.3 is 0 Å². The summed E-state index contributed by atoms with van der Waals surface area (Å²) >= 11 is 0. The monoisotopic (exact) mass is 289 g/mol. The zero-order valence-electron chi connectivity index (χ0n) is 10.9. The van der Waals surface area contributed by atoms with Gasteiger partial charge < -0.3 is 9.73 Å². The van der Waals surface area contributed by atoms with Gasteiger partial charge in [-0.1, -0.05) is 0 Å². The van der Waals surface area contributed by atoms with E-state index < -0.39 is 17.6 Å². The van der Waals surface area contributed by atoms with Crippen LogP contribution in [0.2, 0.25) is 0 Å². The molecule has 0 fully saturated rings. The number of halogens is 1. The van der Waals surface area contributed by atoms with Gasteiger partial charge in [-0.2, -0.15) is 5.10 Å². The predicted molar refractivity (Wildman–Crippen MR) is 73.2 cm³/mol. The summed E-state index contributed by atoms with van der Waals surface area (Å²) in [4.78, 5) is 23.1. The lowest BCUT2D eigenvalue weighted by Crippen LogP contribution is -2.34. The third-order valence-electron chi connectivity index (χ3n) is 2.44. The van der Waals surface area contributed by atoms with Crippen molar-refractivity contribution in [2.24, 2.45) is 5.10 Å². The van der Waals surface area contributed by atoms with Crippen LogP contribution in [-0.2, 0) is 4.79 Å². The molecular formula is C14H12FN3O3. The maximum absolute atomic E-state index is 12.7. The van der Waals surface area contributed by atoms with Crippen molar-refractivity contribution in [3.05, 3.63) is 59.8 Å². The van der Waals surface area contributed by atoms with Crippen molar-refractivity contribution in [2.75, 3.05) is 6.54 Å². The third-order valence-corrected chi connectivity index (χ3v) is 2.44. The maximum atomic E-state index is 12.7. The van der Waals surface area contributed by atoms with E-state index in [2.05, 4.69) is 15.8 Å². The number of nitrogens with one attached hydrogen (secondary N) is 2. The highest BCUT2D eigenvalue weighted by molar-refractivity contribution is 5.96. The number of nitrogens with zero attached hydrogens (tertiary/aromatic N) is 1. The lowest BCUT2D eigenvalue weighted by molar-refractivity contribution is -0.120. The predicted octanol–water partition coefficient (Wildman–Crippen LogP) is 1.30. The van der Waals surface area contributed by atoms with Crippen molar-refractivity contribution in [1.29, 1.82) is 0 Å². The molecule has 21 heavy (non-hydrogen) atoms. The number of hydrogen-bond acceptors (Lipinski definition) is 4. The van der Waals surface area contributed by atoms with E-state index in [0.29, 0.717) is 5.76 Å². The number of rotatable bonds is 5. The highest BCUT2D eigenvalue weighted by Gasteiger charge is 2.07. The molecule has 0 bridgehead atoms. The van der Waals surface area contributed by atoms with Gasteiger partial charge in [-0.15, -0.1) is 0 Å². The van der Waals surface area contributed by atoms with Crippen LogP contribution >= 0.6 is 0 Å². The number of hydrazone groups is 1. The minimum absolute atomic E-state index is 0.244. The summed E-state index contributed by atoms with van der Waals surface area (Å²) in [6, 6.07) is 8.36. The van der Waals surface area contributed by atoms with E-state index in [1.807, 2.05) is 0 Å². The van der Waals surface area contributed by atoms with Crippen molar-refractivity contribution in [2.45, 2.75) is 0 Å². The van der Waals surface area contributed by atoms with Crippen LogP contribution in [0.5, 0.6) is 0 Å². The Labute approximate surface area is 119 Å². The van der Waals surface area contributed by atoms with Gasteiger partial charge in [0.15, 0.2) is 0 Å². The minimum atomic E-state index is -0.492. The Morgan fingerprint density at radius 2 is 2.00 bits per heavy atom. The molecule has 0 spiro atoms. The van der Waals surface area contributed by atoms with Crippen molar-refractivity contribution in [3.8, 4) is 0 Å². The molecule has 0 saturated carbocycles. The van der Waals surface area contributed by atoms with Gasteiger partial charge in [0, 0.05) is 5.56 Å². The van der Waals surface area contributed by atoms with E-state index in [9.17, 15) is 14.0 Å². The first kappa shape index (κ1) is 14.4. The molecule has 1 aromatic heterocycles. The quantitative estimate of drug-likeness (QED) is 0.643. The molecule has 1 heterocycles. The molecule has 0 radical (unpaired) electrons. The van der Waals surface area contributed by atoms with Crippen LogP contribution in [0.4, 0.5) is 4.39 Å². The molecule has 1 aromatic carbocycles. The average molecular weight is 289 g/mol. The standard InChI is InChI=1S/C14H12FN3O3/c15-11-5-3-10(4-6-11)14(20)16-9-13(19)18-17-8-12-2-1-7-21-12/h1-8H,9H2,(H,16,20)(H,18,19). The Morgan fingerprint density at radius 1 is 1.24 bits per heavy atom. The van der Waals surface area contributed by atoms with Gasteiger partial charge in [-0.05, 0) is 36.4 Å². The van der Waals surface area contributed by atoms with Crippen LogP contribution in [0.15, 0.2) is 52.2 Å². The largest absolute Gasteiger partial charge is 0.463 e. The number of benzene rings is 1. The Hall–Kier alpha value is -2.96. The second-order valence-electron chi connectivity index (χ2n) is 4.00. The fraction of sp³-hybridized carbons (Fsp3) is 0.0714. The number of amides is 2. The van der Waals surface area contributed by atoms with E-state index in [4.69, 9.17) is 4.42 Å². The summed E-state index contributed by atoms with van der Waals surface area (Å²) in [5, 5.41) is 6.05. The van der Waals surface area contributed by atoms with Gasteiger partial charge in [-0.3, -0.25) is 9.59 Å². The van der Waals surface area contributed by atoms with Crippen LogP contribution < -0.4 is 10.7 Å². The topological polar surface area (TPSA) is 83.7 Å². The van der Waals surface area contributed by atoms with Crippen molar-refractivity contribution < 1.29 is 18.4 Å². The van der Waals surface area contributed by atoms with Crippen molar-refractivity contribution >= 4 is 18.0 Å². The van der Waals surface area contributed by atoms with Gasteiger partial charge in [0.2, 0.25) is 0 Å². The lowest BCUT2D eigenvalue weighted by atomic mass is 10.2. The summed E-state index contributed by atoms with van der Waals surface area (Å²) in [7, 11) is 0. The summed E-state index contributed by atoms with van der Waals surface area (Å²) < 4.78 is 17.7. The van der Waals surface area contributed by atoms with Gasteiger partial charge in [-0.25, -0.2) is 9.82 Å². The molecule has 0 atom stereocenters. The molecular weight excluding hydrogens is 277 g/mol. The number of hydrogen-bond donors (Lipinski definition) is 2. The Balaban J connectivity index is 1.76. The normalized spacial score (nSPS) is 10.5. The SMILES string of the molecule is O=C(CNC(=O)c1ccc(F)cc1)NN=Cc1ccco1. The third kappa shape index (κ3) is 4.57. The van der Waals surface area contributed by atoms with Crippen LogP contribution in [0.3, 0.4) is 0 Å². The molecule has 0 saturated heterocycles. The molecule has 2 rings (SSSR count). The van der Waals surface area contributed by atoms with Gasteiger partial charge in [0.25, 0.3) is 11.8 Å². The molecule has 108 valence electrons. The second-order valence-corrected chi connectivity index (χ2v) is 4.00. The first-order valence-corrected chi connectivity index (χ1v) is 6.04. The fourth-order valence-electron chi connectivity index (χ4n) is 1.44. The van der Waals surface area contributed by atoms with Crippen LogP contribution in [0.1, 0.15) is 16.1 Å². The lowest BCUT2D eigenvalue weighted by Gasteiger charge is -2.03. The Bertz CT molecular complexity index is 636. The Kier molecular flexibility index (Phi) is 4.81. The second kappa shape index (κ2) is 6.99. The summed E-state index contributed by atoms with van der Waals surface area (Å²) in [6.45, 7) is -0.244. The van der Waals surface area contributed by atoms with Crippen molar-refractivity contribution in [1.82, 2.24) is 10.7 Å². The van der Waals surface area contributed by atoms with E-state index >= 15 is 0 Å². The van der Waals surface area contributed by atoms with Crippen LogP contribution in [-0.4, -0.2) is 24.6 Å². The molecule has 2 amide bonds. The first-order valence-electron chi connectivity index (χ1n) is 6.04. The molecule has 2 N–H and O–H groups in total. The smallest absolute Gasteiger partial charge is 0.259 e. The summed E-state index contributed by atoms with van der Waals surface area (Å²) in [5.41, 5.74) is 2.50. The van der Waals surface area contributed by atoms with E-state index in [0.717, 1.165) is 0 Å². The summed E-state index contributed by atoms with van der Waals surface area (Å²) in [6.07, 6.45) is 2.81. The summed E-state index contributed by atoms with van der Waals surface area (Å²) in [5.74, 6) is -0.907. The first-order chi connectivity index (χ1) is 10.1. The van der Waals surface area contributed by atoms with Crippen LogP contribution in [0.25, 0.3) is 0 Å². The van der Waals surface area contributed by atoms with Gasteiger partial charge in [0.05, 0.1) is 19.0 Å². The molecule has 7 heteroatoms. The van der Waals surface area contributed by atoms with E-state index in [-0.39, 0.29) is 12.1 Å². The molecule has 0 aliphatic rings. The van der Waals surface area contributed by atoms with Crippen molar-refractivity contribution in [3.63, 3.8) is 0 Å². The Morgan fingerprint density at radius 3 is 2.67 bits per heavy atom. The molecule has 6 nitrogen and oxygen atoms in total. The highest BCUT2D eigenvalue weighted by atomic mass is 19.1. The molecule has 2 aromatic rings. The number of carbonyl (C=O) groups excluding carboxylic acids is 2. The maximum Gasteiger partial charge on any atom is 0.259 e. The number of furan rings is 1. The highest BCUT2D eigenvalue weighted by Crippen LogP contribution is 2.02. The van der Waals surface area contributed by atoms with E-state index in [1.54, 1.807) is 12.1 Å². The molecule has 0 aliphatic heterocycles. The average Bonchev–Trinajstić information content (AvgIpc) is 2.99. The molecule has 0 unspecified atom stereocenters. The zero-order valence-corrected chi connectivity index (χ0v) is 10.9. The minimum Gasteiger partial charge on any atom is -0.463 e. The fourth-order valence-corrected chi connectivity index (χ4v) is 1.44. The van der Waals surface area contributed by atoms with Crippen LogP contribution in [0, 0.1) is 5.82 Å².